The molecule has 1 heterocycles. The lowest BCUT2D eigenvalue weighted by Gasteiger charge is -2.30. The average molecular weight is 348 g/mol. The molecule has 1 fully saturated rings. The highest BCUT2D eigenvalue weighted by Gasteiger charge is 2.57. The zero-order chi connectivity index (χ0) is 18.8. The van der Waals surface area contributed by atoms with E-state index in [9.17, 15) is 14.4 Å². The summed E-state index contributed by atoms with van der Waals surface area (Å²) in [6.07, 6.45) is 0. The summed E-state index contributed by atoms with van der Waals surface area (Å²) in [5.74, 6) is -3.08. The number of rotatable bonds is 6. The fourth-order valence-corrected chi connectivity index (χ4v) is 3.49. The van der Waals surface area contributed by atoms with Crippen LogP contribution in [0.5, 0.6) is 5.75 Å². The molecule has 3 atom stereocenters. The molecule has 1 aromatic carbocycles. The van der Waals surface area contributed by atoms with Gasteiger partial charge < -0.3 is 14.2 Å². The maximum absolute atomic E-state index is 12.9. The molecule has 6 nitrogen and oxygen atoms in total. The average Bonchev–Trinajstić information content (AvgIpc) is 2.82. The first kappa shape index (κ1) is 19.0. The maximum Gasteiger partial charge on any atom is 0.321 e. The van der Waals surface area contributed by atoms with Crippen LogP contribution >= 0.6 is 0 Å². The summed E-state index contributed by atoms with van der Waals surface area (Å²) < 4.78 is 15.5. The normalized spacial score (nSPS) is 22.8. The van der Waals surface area contributed by atoms with E-state index in [-0.39, 0.29) is 12.4 Å². The van der Waals surface area contributed by atoms with Crippen LogP contribution in [0.1, 0.15) is 38.1 Å². The smallest absolute Gasteiger partial charge is 0.321 e. The summed E-state index contributed by atoms with van der Waals surface area (Å²) in [5, 5.41) is 0. The molecule has 0 amide bonds. The van der Waals surface area contributed by atoms with Crippen LogP contribution in [0.2, 0.25) is 0 Å². The molecule has 0 N–H and O–H groups in total. The Bertz CT molecular complexity index is 661. The van der Waals surface area contributed by atoms with Gasteiger partial charge in [-0.1, -0.05) is 6.92 Å². The standard InChI is InChI=1S/C19H24O6/c1-6-24-17(21)14-15(19(3,4)25-18(14)22)11(2)16(20)12-7-9-13(23-5)10-8-12/h7-11,14-15H,6H2,1-5H3/t11-,14+,15+/m0/s1. The Labute approximate surface area is 147 Å². The van der Waals surface area contributed by atoms with Crippen molar-refractivity contribution in [3.05, 3.63) is 29.8 Å². The van der Waals surface area contributed by atoms with Gasteiger partial charge >= 0.3 is 11.9 Å². The van der Waals surface area contributed by atoms with Crippen molar-refractivity contribution < 1.29 is 28.6 Å². The van der Waals surface area contributed by atoms with E-state index in [0.29, 0.717) is 11.3 Å². The van der Waals surface area contributed by atoms with Gasteiger partial charge in [0.05, 0.1) is 13.7 Å². The highest BCUT2D eigenvalue weighted by molar-refractivity contribution is 6.01. The molecule has 1 aromatic rings. The highest BCUT2D eigenvalue weighted by Crippen LogP contribution is 2.43. The molecule has 1 aliphatic rings. The van der Waals surface area contributed by atoms with Crippen molar-refractivity contribution >= 4 is 17.7 Å². The third kappa shape index (κ3) is 3.67. The Morgan fingerprint density at radius 1 is 1.24 bits per heavy atom. The Balaban J connectivity index is 2.31. The highest BCUT2D eigenvalue weighted by atomic mass is 16.6. The zero-order valence-electron chi connectivity index (χ0n) is 15.2. The summed E-state index contributed by atoms with van der Waals surface area (Å²) >= 11 is 0. The second-order valence-corrected chi connectivity index (χ2v) is 6.66. The van der Waals surface area contributed by atoms with Crippen molar-refractivity contribution in [1.29, 1.82) is 0 Å². The van der Waals surface area contributed by atoms with E-state index < -0.39 is 35.3 Å². The monoisotopic (exact) mass is 348 g/mol. The Kier molecular flexibility index (Phi) is 5.50. The van der Waals surface area contributed by atoms with Crippen molar-refractivity contribution in [3.63, 3.8) is 0 Å². The third-order valence-corrected chi connectivity index (χ3v) is 4.65. The van der Waals surface area contributed by atoms with Crippen LogP contribution in [-0.2, 0) is 19.1 Å². The lowest BCUT2D eigenvalue weighted by Crippen LogP contribution is -2.41. The largest absolute Gasteiger partial charge is 0.497 e. The molecule has 0 bridgehead atoms. The van der Waals surface area contributed by atoms with E-state index in [2.05, 4.69) is 0 Å². The van der Waals surface area contributed by atoms with Gasteiger partial charge in [-0.2, -0.15) is 0 Å². The summed E-state index contributed by atoms with van der Waals surface area (Å²) in [4.78, 5) is 37.4. The molecular formula is C19H24O6. The summed E-state index contributed by atoms with van der Waals surface area (Å²) in [5.41, 5.74) is -0.443. The van der Waals surface area contributed by atoms with Crippen molar-refractivity contribution in [2.75, 3.05) is 13.7 Å². The number of hydrogen-bond donors (Lipinski definition) is 0. The molecule has 1 saturated heterocycles. The van der Waals surface area contributed by atoms with E-state index in [1.54, 1.807) is 59.1 Å². The molecule has 0 radical (unpaired) electrons. The fraction of sp³-hybridized carbons (Fsp3) is 0.526. The minimum atomic E-state index is -1.09. The Morgan fingerprint density at radius 3 is 2.36 bits per heavy atom. The van der Waals surface area contributed by atoms with Crippen LogP contribution < -0.4 is 4.74 Å². The predicted molar refractivity (Wildman–Crippen MR) is 90.3 cm³/mol. The van der Waals surface area contributed by atoms with Gasteiger partial charge in [0.15, 0.2) is 11.7 Å². The molecule has 6 heteroatoms. The number of esters is 2. The SMILES string of the molecule is CCOC(=O)[C@@H]1C(=O)OC(C)(C)[C@@H]1[C@H](C)C(=O)c1ccc(OC)cc1. The number of Topliss-reactive ketones (excluding diaryl/α,β-unsaturated/α-hetero) is 1. The van der Waals surface area contributed by atoms with Gasteiger partial charge in [-0.3, -0.25) is 14.4 Å². The minimum absolute atomic E-state index is 0.159. The van der Waals surface area contributed by atoms with Gasteiger partial charge in [0.1, 0.15) is 11.4 Å². The summed E-state index contributed by atoms with van der Waals surface area (Å²) in [6, 6.07) is 6.73. The van der Waals surface area contributed by atoms with Crippen LogP contribution in [0.3, 0.4) is 0 Å². The third-order valence-electron chi connectivity index (χ3n) is 4.65. The van der Waals surface area contributed by atoms with Crippen molar-refractivity contribution in [1.82, 2.24) is 0 Å². The van der Waals surface area contributed by atoms with Gasteiger partial charge in [0.2, 0.25) is 0 Å². The van der Waals surface area contributed by atoms with Crippen molar-refractivity contribution in [2.45, 2.75) is 33.3 Å². The first-order chi connectivity index (χ1) is 11.7. The first-order valence-corrected chi connectivity index (χ1v) is 8.30. The number of benzene rings is 1. The predicted octanol–water partition coefficient (Wildman–Crippen LogP) is 2.64. The van der Waals surface area contributed by atoms with Crippen molar-refractivity contribution in [2.24, 2.45) is 17.8 Å². The quantitative estimate of drug-likeness (QED) is 0.447. The molecule has 25 heavy (non-hydrogen) atoms. The van der Waals surface area contributed by atoms with Gasteiger partial charge in [-0.25, -0.2) is 0 Å². The molecule has 0 spiro atoms. The van der Waals surface area contributed by atoms with Crippen LogP contribution in [0, 0.1) is 17.8 Å². The second kappa shape index (κ2) is 7.25. The number of hydrogen-bond acceptors (Lipinski definition) is 6. The van der Waals surface area contributed by atoms with Crippen LogP contribution in [0.25, 0.3) is 0 Å². The molecular weight excluding hydrogens is 324 g/mol. The molecule has 0 saturated carbocycles. The van der Waals surface area contributed by atoms with Gasteiger partial charge in [-0.05, 0) is 45.0 Å². The van der Waals surface area contributed by atoms with E-state index >= 15 is 0 Å². The minimum Gasteiger partial charge on any atom is -0.497 e. The molecule has 1 aliphatic heterocycles. The molecule has 136 valence electrons. The number of carbonyl (C=O) groups is 3. The Hall–Kier alpha value is -2.37. The number of carbonyl (C=O) groups excluding carboxylic acids is 3. The van der Waals surface area contributed by atoms with Gasteiger partial charge in [-0.15, -0.1) is 0 Å². The van der Waals surface area contributed by atoms with E-state index in [4.69, 9.17) is 14.2 Å². The lowest BCUT2D eigenvalue weighted by atomic mass is 9.72. The summed E-state index contributed by atoms with van der Waals surface area (Å²) in [6.45, 7) is 6.98. The van der Waals surface area contributed by atoms with Gasteiger partial charge in [0.25, 0.3) is 0 Å². The topological polar surface area (TPSA) is 78.9 Å². The summed E-state index contributed by atoms with van der Waals surface area (Å²) in [7, 11) is 1.55. The molecule has 0 aliphatic carbocycles. The number of cyclic esters (lactones) is 1. The Morgan fingerprint density at radius 2 is 1.84 bits per heavy atom. The molecule has 0 unspecified atom stereocenters. The number of methoxy groups -OCH3 is 1. The van der Waals surface area contributed by atoms with E-state index in [1.807, 2.05) is 0 Å². The van der Waals surface area contributed by atoms with Crippen molar-refractivity contribution in [3.8, 4) is 5.75 Å². The maximum atomic E-state index is 12.9. The van der Waals surface area contributed by atoms with Gasteiger partial charge in [0, 0.05) is 17.4 Å². The second-order valence-electron chi connectivity index (χ2n) is 6.66. The van der Waals surface area contributed by atoms with Crippen LogP contribution in [0.4, 0.5) is 0 Å². The molecule has 2 rings (SSSR count). The lowest BCUT2D eigenvalue weighted by molar-refractivity contribution is -0.157. The fourth-order valence-electron chi connectivity index (χ4n) is 3.49. The number of ketones is 1. The first-order valence-electron chi connectivity index (χ1n) is 8.30. The van der Waals surface area contributed by atoms with Crippen LogP contribution in [-0.4, -0.2) is 37.0 Å². The van der Waals surface area contributed by atoms with E-state index in [0.717, 1.165) is 0 Å². The zero-order valence-corrected chi connectivity index (χ0v) is 15.2. The van der Waals surface area contributed by atoms with Crippen LogP contribution in [0.15, 0.2) is 24.3 Å². The molecule has 0 aromatic heterocycles. The number of ether oxygens (including phenoxy) is 3. The van der Waals surface area contributed by atoms with E-state index in [1.165, 1.54) is 0 Å².